The Morgan fingerprint density at radius 3 is 2.62 bits per heavy atom. The molecule has 5 heteroatoms. The molecule has 3 nitrogen and oxygen atoms in total. The summed E-state index contributed by atoms with van der Waals surface area (Å²) in [4.78, 5) is 1.19. The standard InChI is InChI=1S/C11H11BrN2OS/c12-10-6-14-16-11(10)7-13-5-8-1-3-9(15)4-2-8/h1-4,6,13,15H,5,7H2. The molecule has 16 heavy (non-hydrogen) atoms. The minimum atomic E-state index is 0.300. The van der Waals surface area contributed by atoms with E-state index in [9.17, 15) is 0 Å². The van der Waals surface area contributed by atoms with Crippen molar-refractivity contribution in [2.24, 2.45) is 0 Å². The fourth-order valence-electron chi connectivity index (χ4n) is 1.30. The predicted octanol–water partition coefficient (Wildman–Crippen LogP) is 2.90. The maximum absolute atomic E-state index is 9.14. The third kappa shape index (κ3) is 3.04. The number of hydrogen-bond donors (Lipinski definition) is 2. The van der Waals surface area contributed by atoms with Gasteiger partial charge in [-0.2, -0.15) is 4.37 Å². The minimum Gasteiger partial charge on any atom is -0.508 e. The zero-order chi connectivity index (χ0) is 11.4. The van der Waals surface area contributed by atoms with Crippen LogP contribution >= 0.6 is 27.5 Å². The summed E-state index contributed by atoms with van der Waals surface area (Å²) in [5.41, 5.74) is 1.15. The molecule has 0 aliphatic carbocycles. The van der Waals surface area contributed by atoms with Crippen LogP contribution in [-0.2, 0) is 13.1 Å². The molecule has 0 amide bonds. The molecule has 0 atom stereocenters. The van der Waals surface area contributed by atoms with Gasteiger partial charge in [0.2, 0.25) is 0 Å². The molecule has 0 radical (unpaired) electrons. The number of phenolic OH excluding ortho intramolecular Hbond substituents is 1. The lowest BCUT2D eigenvalue weighted by Crippen LogP contribution is -2.11. The molecule has 0 saturated heterocycles. The van der Waals surface area contributed by atoms with Gasteiger partial charge in [0.05, 0.1) is 15.5 Å². The molecule has 0 aliphatic heterocycles. The highest BCUT2D eigenvalue weighted by atomic mass is 79.9. The summed E-state index contributed by atoms with van der Waals surface area (Å²) in [6.45, 7) is 1.58. The van der Waals surface area contributed by atoms with Crippen LogP contribution in [0.4, 0.5) is 0 Å². The van der Waals surface area contributed by atoms with Crippen molar-refractivity contribution in [3.8, 4) is 5.75 Å². The van der Waals surface area contributed by atoms with Gasteiger partial charge >= 0.3 is 0 Å². The molecule has 1 aromatic carbocycles. The van der Waals surface area contributed by atoms with Crippen LogP contribution in [0.5, 0.6) is 5.75 Å². The molecule has 0 fully saturated rings. The first-order valence-corrected chi connectivity index (χ1v) is 6.40. The maximum atomic E-state index is 9.14. The van der Waals surface area contributed by atoms with Crippen LogP contribution in [-0.4, -0.2) is 9.48 Å². The number of aromatic hydroxyl groups is 1. The normalized spacial score (nSPS) is 10.6. The van der Waals surface area contributed by atoms with Gasteiger partial charge in [0.1, 0.15) is 5.75 Å². The van der Waals surface area contributed by atoms with E-state index in [4.69, 9.17) is 5.11 Å². The SMILES string of the molecule is Oc1ccc(CNCc2sncc2Br)cc1. The monoisotopic (exact) mass is 298 g/mol. The molecule has 1 heterocycles. The zero-order valence-electron chi connectivity index (χ0n) is 8.48. The highest BCUT2D eigenvalue weighted by Gasteiger charge is 2.01. The number of aromatic nitrogens is 1. The lowest BCUT2D eigenvalue weighted by molar-refractivity contribution is 0.475. The molecule has 2 aromatic rings. The van der Waals surface area contributed by atoms with Crippen molar-refractivity contribution >= 4 is 27.5 Å². The van der Waals surface area contributed by atoms with Gasteiger partial charge in [-0.15, -0.1) is 0 Å². The van der Waals surface area contributed by atoms with Gasteiger partial charge in [0.25, 0.3) is 0 Å². The number of rotatable bonds is 4. The second-order valence-electron chi connectivity index (χ2n) is 3.37. The molecule has 0 aliphatic rings. The Bertz CT molecular complexity index is 455. The third-order valence-electron chi connectivity index (χ3n) is 2.15. The number of benzene rings is 1. The van der Waals surface area contributed by atoms with Gasteiger partial charge in [-0.1, -0.05) is 12.1 Å². The molecule has 0 bridgehead atoms. The Balaban J connectivity index is 1.84. The van der Waals surface area contributed by atoms with Gasteiger partial charge in [-0.25, -0.2) is 0 Å². The van der Waals surface area contributed by atoms with E-state index in [2.05, 4.69) is 25.6 Å². The van der Waals surface area contributed by atoms with Crippen LogP contribution in [0.25, 0.3) is 0 Å². The Morgan fingerprint density at radius 2 is 2.00 bits per heavy atom. The number of halogens is 1. The Morgan fingerprint density at radius 1 is 1.25 bits per heavy atom. The molecular formula is C11H11BrN2OS. The summed E-state index contributed by atoms with van der Waals surface area (Å²) in [7, 11) is 0. The summed E-state index contributed by atoms with van der Waals surface area (Å²) in [5.74, 6) is 0.300. The molecule has 2 rings (SSSR count). The summed E-state index contributed by atoms with van der Waals surface area (Å²) in [6.07, 6.45) is 1.81. The van der Waals surface area contributed by atoms with E-state index in [-0.39, 0.29) is 0 Å². The van der Waals surface area contributed by atoms with Crippen LogP contribution in [0.3, 0.4) is 0 Å². The smallest absolute Gasteiger partial charge is 0.115 e. The van der Waals surface area contributed by atoms with Crippen molar-refractivity contribution in [1.29, 1.82) is 0 Å². The molecule has 0 unspecified atom stereocenters. The average Bonchev–Trinajstić information content (AvgIpc) is 2.68. The van der Waals surface area contributed by atoms with Crippen molar-refractivity contribution < 1.29 is 5.11 Å². The molecule has 84 valence electrons. The number of phenols is 1. The van der Waals surface area contributed by atoms with Gasteiger partial charge in [-0.05, 0) is 45.2 Å². The van der Waals surface area contributed by atoms with Crippen LogP contribution in [0.15, 0.2) is 34.9 Å². The van der Waals surface area contributed by atoms with E-state index in [1.807, 2.05) is 18.3 Å². The summed E-state index contributed by atoms with van der Waals surface area (Å²) in [6, 6.07) is 7.20. The number of hydrogen-bond acceptors (Lipinski definition) is 4. The molecule has 0 spiro atoms. The van der Waals surface area contributed by atoms with Crippen molar-refractivity contribution in [1.82, 2.24) is 9.69 Å². The molecular weight excluding hydrogens is 288 g/mol. The summed E-state index contributed by atoms with van der Waals surface area (Å²) < 4.78 is 5.13. The van der Waals surface area contributed by atoms with Crippen LogP contribution < -0.4 is 5.32 Å². The maximum Gasteiger partial charge on any atom is 0.115 e. The van der Waals surface area contributed by atoms with E-state index in [0.29, 0.717) is 5.75 Å². The van der Waals surface area contributed by atoms with Gasteiger partial charge in [-0.3, -0.25) is 0 Å². The molecule has 2 N–H and O–H groups in total. The lowest BCUT2D eigenvalue weighted by atomic mass is 10.2. The Hall–Kier alpha value is -0.910. The zero-order valence-corrected chi connectivity index (χ0v) is 10.9. The highest BCUT2D eigenvalue weighted by molar-refractivity contribution is 9.10. The Labute approximate surface area is 106 Å². The largest absolute Gasteiger partial charge is 0.508 e. The predicted molar refractivity (Wildman–Crippen MR) is 68.5 cm³/mol. The van der Waals surface area contributed by atoms with E-state index in [0.717, 1.165) is 23.1 Å². The molecule has 1 aromatic heterocycles. The van der Waals surface area contributed by atoms with E-state index in [1.165, 1.54) is 16.4 Å². The highest BCUT2D eigenvalue weighted by Crippen LogP contribution is 2.19. The van der Waals surface area contributed by atoms with Gasteiger partial charge in [0.15, 0.2) is 0 Å². The van der Waals surface area contributed by atoms with Crippen molar-refractivity contribution in [2.45, 2.75) is 13.1 Å². The first kappa shape index (κ1) is 11.6. The van der Waals surface area contributed by atoms with Crippen LogP contribution in [0.1, 0.15) is 10.4 Å². The number of nitrogens with zero attached hydrogens (tertiary/aromatic N) is 1. The first-order chi connectivity index (χ1) is 7.75. The quantitative estimate of drug-likeness (QED) is 0.912. The number of nitrogens with one attached hydrogen (secondary N) is 1. The van der Waals surface area contributed by atoms with E-state index in [1.54, 1.807) is 12.1 Å². The Kier molecular flexibility index (Phi) is 3.93. The van der Waals surface area contributed by atoms with Crippen molar-refractivity contribution in [3.63, 3.8) is 0 Å². The second kappa shape index (κ2) is 5.43. The molecule has 0 saturated carbocycles. The summed E-state index contributed by atoms with van der Waals surface area (Å²) >= 11 is 4.92. The third-order valence-corrected chi connectivity index (χ3v) is 3.89. The van der Waals surface area contributed by atoms with E-state index < -0.39 is 0 Å². The minimum absolute atomic E-state index is 0.300. The fourth-order valence-corrected chi connectivity index (χ4v) is 2.49. The van der Waals surface area contributed by atoms with Crippen LogP contribution in [0, 0.1) is 0 Å². The van der Waals surface area contributed by atoms with Crippen LogP contribution in [0.2, 0.25) is 0 Å². The average molecular weight is 299 g/mol. The van der Waals surface area contributed by atoms with E-state index >= 15 is 0 Å². The first-order valence-electron chi connectivity index (χ1n) is 4.83. The van der Waals surface area contributed by atoms with Crippen molar-refractivity contribution in [2.75, 3.05) is 0 Å². The van der Waals surface area contributed by atoms with Crippen molar-refractivity contribution in [3.05, 3.63) is 45.4 Å². The topological polar surface area (TPSA) is 45.1 Å². The summed E-state index contributed by atoms with van der Waals surface area (Å²) in [5, 5.41) is 12.5. The second-order valence-corrected chi connectivity index (χ2v) is 5.11. The van der Waals surface area contributed by atoms with Gasteiger partial charge < -0.3 is 10.4 Å². The lowest BCUT2D eigenvalue weighted by Gasteiger charge is -2.03. The fraction of sp³-hybridized carbons (Fsp3) is 0.182. The van der Waals surface area contributed by atoms with Gasteiger partial charge in [0, 0.05) is 13.1 Å².